The van der Waals surface area contributed by atoms with Gasteiger partial charge in [-0.2, -0.15) is 0 Å². The van der Waals surface area contributed by atoms with E-state index in [9.17, 15) is 10.0 Å². The average Bonchev–Trinajstić information content (AvgIpc) is 2.67. The van der Waals surface area contributed by atoms with E-state index < -0.39 is 7.12 Å². The van der Waals surface area contributed by atoms with Gasteiger partial charge in [-0.25, -0.2) is 0 Å². The van der Waals surface area contributed by atoms with Crippen molar-refractivity contribution < 1.29 is 10.0 Å². The summed E-state index contributed by atoms with van der Waals surface area (Å²) < 4.78 is 0. The van der Waals surface area contributed by atoms with Crippen molar-refractivity contribution in [1.29, 1.82) is 0 Å². The number of thioether (sulfide) groups is 1. The van der Waals surface area contributed by atoms with Crippen LogP contribution in [0.15, 0.2) is 41.3 Å². The van der Waals surface area contributed by atoms with E-state index in [2.05, 4.69) is 38.3 Å². The van der Waals surface area contributed by atoms with Crippen molar-refractivity contribution in [3.8, 4) is 11.1 Å². The molecule has 4 heteroatoms. The Kier molecular flexibility index (Phi) is 3.20. The highest BCUT2D eigenvalue weighted by atomic mass is 32.2. The van der Waals surface area contributed by atoms with Gasteiger partial charge in [-0.1, -0.05) is 38.1 Å². The molecule has 3 rings (SSSR count). The molecule has 0 bridgehead atoms. The summed E-state index contributed by atoms with van der Waals surface area (Å²) in [5, 5.41) is 18.8. The second-order valence-electron chi connectivity index (χ2n) is 5.72. The molecule has 2 aromatic rings. The van der Waals surface area contributed by atoms with Gasteiger partial charge in [0, 0.05) is 10.3 Å². The third-order valence-corrected chi connectivity index (χ3v) is 4.93. The Labute approximate surface area is 124 Å². The number of hydrogen-bond donors (Lipinski definition) is 2. The minimum Gasteiger partial charge on any atom is -0.423 e. The lowest BCUT2D eigenvalue weighted by molar-refractivity contribution is 0.425. The molecule has 0 fully saturated rings. The summed E-state index contributed by atoms with van der Waals surface area (Å²) >= 11 is 1.74. The van der Waals surface area contributed by atoms with Gasteiger partial charge in [0.1, 0.15) is 0 Å². The minimum atomic E-state index is -1.42. The maximum atomic E-state index is 9.38. The van der Waals surface area contributed by atoms with Crippen LogP contribution in [-0.2, 0) is 5.41 Å². The predicted octanol–water partition coefficient (Wildman–Crippen LogP) is 2.39. The lowest BCUT2D eigenvalue weighted by Gasteiger charge is -2.22. The first-order valence-electron chi connectivity index (χ1n) is 6.64. The molecule has 2 N–H and O–H groups in total. The van der Waals surface area contributed by atoms with Gasteiger partial charge in [-0.05, 0) is 46.1 Å². The SMILES string of the molecule is CSc1ccc2c(c1)C(C)(C)c1cc(B(O)O)ccc1-2. The summed E-state index contributed by atoms with van der Waals surface area (Å²) in [6.07, 6.45) is 2.08. The molecule has 0 aromatic heterocycles. The summed E-state index contributed by atoms with van der Waals surface area (Å²) in [6.45, 7) is 4.38. The fourth-order valence-electron chi connectivity index (χ4n) is 3.02. The molecule has 0 spiro atoms. The van der Waals surface area contributed by atoms with Gasteiger partial charge in [-0.3, -0.25) is 0 Å². The monoisotopic (exact) mass is 284 g/mol. The van der Waals surface area contributed by atoms with Gasteiger partial charge in [0.25, 0.3) is 0 Å². The first-order valence-corrected chi connectivity index (χ1v) is 7.87. The van der Waals surface area contributed by atoms with Crippen LogP contribution < -0.4 is 5.46 Å². The standard InChI is InChI=1S/C16H17BO2S/c1-16(2)14-8-10(17(18)19)4-6-12(14)13-7-5-11(20-3)9-15(13)16/h4-9,18-19H,1-3H3. The third-order valence-electron chi connectivity index (χ3n) is 4.21. The van der Waals surface area contributed by atoms with E-state index in [1.807, 2.05) is 12.1 Å². The molecule has 2 aromatic carbocycles. The van der Waals surface area contributed by atoms with Crippen molar-refractivity contribution in [3.05, 3.63) is 47.5 Å². The number of fused-ring (bicyclic) bond motifs is 3. The van der Waals surface area contributed by atoms with E-state index in [4.69, 9.17) is 0 Å². The fraction of sp³-hybridized carbons (Fsp3) is 0.250. The van der Waals surface area contributed by atoms with Crippen LogP contribution in [0.25, 0.3) is 11.1 Å². The highest BCUT2D eigenvalue weighted by Gasteiger charge is 2.36. The molecule has 0 radical (unpaired) electrons. The van der Waals surface area contributed by atoms with E-state index in [1.165, 1.54) is 21.6 Å². The van der Waals surface area contributed by atoms with Crippen molar-refractivity contribution in [2.75, 3.05) is 6.26 Å². The van der Waals surface area contributed by atoms with Crippen LogP contribution in [0.3, 0.4) is 0 Å². The Balaban J connectivity index is 2.23. The average molecular weight is 284 g/mol. The normalized spacial score (nSPS) is 14.8. The zero-order valence-electron chi connectivity index (χ0n) is 11.8. The van der Waals surface area contributed by atoms with Crippen molar-refractivity contribution >= 4 is 24.3 Å². The first-order chi connectivity index (χ1) is 9.45. The number of rotatable bonds is 2. The topological polar surface area (TPSA) is 40.5 Å². The molecule has 0 unspecified atom stereocenters. The summed E-state index contributed by atoms with van der Waals surface area (Å²) in [4.78, 5) is 1.26. The van der Waals surface area contributed by atoms with Gasteiger partial charge < -0.3 is 10.0 Å². The highest BCUT2D eigenvalue weighted by molar-refractivity contribution is 7.98. The molecule has 1 aliphatic rings. The Morgan fingerprint density at radius 2 is 1.55 bits per heavy atom. The fourth-order valence-corrected chi connectivity index (χ4v) is 3.46. The number of benzene rings is 2. The van der Waals surface area contributed by atoms with Crippen LogP contribution in [0.2, 0.25) is 0 Å². The Hall–Kier alpha value is -1.23. The summed E-state index contributed by atoms with van der Waals surface area (Å²) in [5.41, 5.74) is 5.36. The Morgan fingerprint density at radius 1 is 0.950 bits per heavy atom. The van der Waals surface area contributed by atoms with Crippen LogP contribution >= 0.6 is 11.8 Å². The van der Waals surface area contributed by atoms with Crippen LogP contribution in [0.5, 0.6) is 0 Å². The van der Waals surface area contributed by atoms with Gasteiger partial charge in [0.2, 0.25) is 0 Å². The van der Waals surface area contributed by atoms with Gasteiger partial charge in [0.05, 0.1) is 0 Å². The molecule has 0 saturated carbocycles. The second-order valence-corrected chi connectivity index (χ2v) is 6.59. The van der Waals surface area contributed by atoms with E-state index >= 15 is 0 Å². The lowest BCUT2D eigenvalue weighted by Crippen LogP contribution is -2.31. The smallest absolute Gasteiger partial charge is 0.423 e. The van der Waals surface area contributed by atoms with Gasteiger partial charge >= 0.3 is 7.12 Å². The zero-order chi connectivity index (χ0) is 14.5. The van der Waals surface area contributed by atoms with Crippen LogP contribution in [-0.4, -0.2) is 23.4 Å². The van der Waals surface area contributed by atoms with Gasteiger partial charge in [0.15, 0.2) is 0 Å². The van der Waals surface area contributed by atoms with Crippen LogP contribution in [0, 0.1) is 0 Å². The second kappa shape index (κ2) is 4.66. The van der Waals surface area contributed by atoms with Crippen LogP contribution in [0.1, 0.15) is 25.0 Å². The van der Waals surface area contributed by atoms with E-state index in [0.717, 1.165) is 5.56 Å². The molecule has 0 saturated heterocycles. The molecule has 20 heavy (non-hydrogen) atoms. The summed E-state index contributed by atoms with van der Waals surface area (Å²) in [7, 11) is -1.42. The Bertz CT molecular complexity index is 680. The largest absolute Gasteiger partial charge is 0.488 e. The van der Waals surface area contributed by atoms with Crippen LogP contribution in [0.4, 0.5) is 0 Å². The summed E-state index contributed by atoms with van der Waals surface area (Å²) in [5.74, 6) is 0. The molecule has 0 atom stereocenters. The highest BCUT2D eigenvalue weighted by Crippen LogP contribution is 2.48. The van der Waals surface area contributed by atoms with Crippen molar-refractivity contribution in [2.24, 2.45) is 0 Å². The molecule has 0 heterocycles. The van der Waals surface area contributed by atoms with E-state index in [1.54, 1.807) is 17.8 Å². The quantitative estimate of drug-likeness (QED) is 0.657. The van der Waals surface area contributed by atoms with E-state index in [0.29, 0.717) is 5.46 Å². The third kappa shape index (κ3) is 1.91. The predicted molar refractivity (Wildman–Crippen MR) is 85.6 cm³/mol. The maximum Gasteiger partial charge on any atom is 0.488 e. The molecule has 102 valence electrons. The van der Waals surface area contributed by atoms with Crippen molar-refractivity contribution in [2.45, 2.75) is 24.2 Å². The Morgan fingerprint density at radius 3 is 2.15 bits per heavy atom. The maximum absolute atomic E-state index is 9.38. The summed E-state index contributed by atoms with van der Waals surface area (Å²) in [6, 6.07) is 12.3. The molecule has 1 aliphatic carbocycles. The van der Waals surface area contributed by atoms with E-state index in [-0.39, 0.29) is 5.41 Å². The molecule has 2 nitrogen and oxygen atoms in total. The minimum absolute atomic E-state index is 0.110. The molecule has 0 aliphatic heterocycles. The lowest BCUT2D eigenvalue weighted by atomic mass is 9.75. The van der Waals surface area contributed by atoms with Crippen molar-refractivity contribution in [1.82, 2.24) is 0 Å². The zero-order valence-corrected chi connectivity index (χ0v) is 12.7. The first kappa shape index (κ1) is 13.7. The molecular weight excluding hydrogens is 267 g/mol. The molecule has 0 amide bonds. The number of hydrogen-bond acceptors (Lipinski definition) is 3. The van der Waals surface area contributed by atoms with Gasteiger partial charge in [-0.15, -0.1) is 11.8 Å². The molecular formula is C16H17BO2S. The van der Waals surface area contributed by atoms with Crippen molar-refractivity contribution in [3.63, 3.8) is 0 Å².